The lowest BCUT2D eigenvalue weighted by Gasteiger charge is -2.05. The van der Waals surface area contributed by atoms with E-state index in [9.17, 15) is 4.39 Å². The highest BCUT2D eigenvalue weighted by Gasteiger charge is 2.02. The molecule has 0 spiro atoms. The fourth-order valence-electron chi connectivity index (χ4n) is 1.56. The molecule has 0 saturated heterocycles. The van der Waals surface area contributed by atoms with Gasteiger partial charge in [-0.2, -0.15) is 0 Å². The van der Waals surface area contributed by atoms with Crippen LogP contribution in [0.25, 0.3) is 0 Å². The van der Waals surface area contributed by atoms with E-state index < -0.39 is 0 Å². The van der Waals surface area contributed by atoms with Gasteiger partial charge in [0.05, 0.1) is 5.02 Å². The van der Waals surface area contributed by atoms with Crippen LogP contribution in [0.2, 0.25) is 5.02 Å². The Balaban J connectivity index is 1.90. The third-order valence-electron chi connectivity index (χ3n) is 2.57. The maximum Gasteiger partial charge on any atom is 0.141 e. The molecule has 1 heterocycles. The highest BCUT2D eigenvalue weighted by molar-refractivity contribution is 7.10. The molecule has 0 radical (unpaired) electrons. The average Bonchev–Trinajstić information content (AvgIpc) is 2.70. The minimum Gasteiger partial charge on any atom is -0.308 e. The predicted molar refractivity (Wildman–Crippen MR) is 71.0 cm³/mol. The van der Waals surface area contributed by atoms with Gasteiger partial charge >= 0.3 is 0 Å². The Morgan fingerprint density at radius 1 is 1.29 bits per heavy atom. The molecule has 0 unspecified atom stereocenters. The minimum atomic E-state index is -0.371. The third-order valence-corrected chi connectivity index (χ3v) is 3.88. The highest BCUT2D eigenvalue weighted by atomic mass is 35.5. The summed E-state index contributed by atoms with van der Waals surface area (Å²) in [7, 11) is 0. The molecule has 17 heavy (non-hydrogen) atoms. The lowest BCUT2D eigenvalue weighted by Crippen LogP contribution is -2.12. The molecule has 0 atom stereocenters. The van der Waals surface area contributed by atoms with Crippen molar-refractivity contribution in [1.82, 2.24) is 5.32 Å². The van der Waals surface area contributed by atoms with Crippen LogP contribution in [-0.2, 0) is 13.1 Å². The molecule has 1 aromatic carbocycles. The van der Waals surface area contributed by atoms with E-state index in [0.29, 0.717) is 6.54 Å². The second-order valence-electron chi connectivity index (χ2n) is 3.88. The molecule has 0 aliphatic carbocycles. The van der Waals surface area contributed by atoms with Crippen molar-refractivity contribution in [2.24, 2.45) is 0 Å². The molecule has 0 fully saturated rings. The van der Waals surface area contributed by atoms with E-state index in [-0.39, 0.29) is 10.8 Å². The summed E-state index contributed by atoms with van der Waals surface area (Å²) in [6, 6.07) is 6.91. The van der Waals surface area contributed by atoms with Crippen LogP contribution < -0.4 is 5.32 Å². The first-order chi connectivity index (χ1) is 8.16. The van der Waals surface area contributed by atoms with Crippen molar-refractivity contribution in [3.8, 4) is 0 Å². The van der Waals surface area contributed by atoms with Gasteiger partial charge in [0, 0.05) is 18.0 Å². The predicted octanol–water partition coefficient (Wildman–Crippen LogP) is 4.14. The lowest BCUT2D eigenvalue weighted by atomic mass is 10.2. The molecule has 1 N–H and O–H groups in total. The van der Waals surface area contributed by atoms with Crippen molar-refractivity contribution in [2.75, 3.05) is 0 Å². The Labute approximate surface area is 109 Å². The largest absolute Gasteiger partial charge is 0.308 e. The number of rotatable bonds is 4. The quantitative estimate of drug-likeness (QED) is 0.880. The van der Waals surface area contributed by atoms with Gasteiger partial charge in [0.25, 0.3) is 0 Å². The fourth-order valence-corrected chi connectivity index (χ4v) is 2.63. The number of aryl methyl sites for hydroxylation is 1. The SMILES string of the molecule is Cc1ccsc1CNCc1ccc(F)c(Cl)c1. The first kappa shape index (κ1) is 12.6. The molecule has 0 aliphatic rings. The van der Waals surface area contributed by atoms with Crippen LogP contribution in [0.15, 0.2) is 29.6 Å². The first-order valence-electron chi connectivity index (χ1n) is 5.34. The summed E-state index contributed by atoms with van der Waals surface area (Å²) in [5, 5.41) is 5.58. The number of hydrogen-bond donors (Lipinski definition) is 1. The zero-order valence-electron chi connectivity index (χ0n) is 9.47. The number of thiophene rings is 1. The summed E-state index contributed by atoms with van der Waals surface area (Å²) < 4.78 is 12.9. The second-order valence-corrected chi connectivity index (χ2v) is 5.29. The smallest absolute Gasteiger partial charge is 0.141 e. The Bertz CT molecular complexity index is 510. The van der Waals surface area contributed by atoms with Gasteiger partial charge in [-0.15, -0.1) is 11.3 Å². The molecular formula is C13H13ClFNS. The number of hydrogen-bond acceptors (Lipinski definition) is 2. The van der Waals surface area contributed by atoms with E-state index in [1.54, 1.807) is 23.5 Å². The maximum absolute atomic E-state index is 12.9. The normalized spacial score (nSPS) is 10.8. The Morgan fingerprint density at radius 2 is 2.12 bits per heavy atom. The third kappa shape index (κ3) is 3.28. The van der Waals surface area contributed by atoms with E-state index in [1.807, 2.05) is 0 Å². The molecule has 0 saturated carbocycles. The van der Waals surface area contributed by atoms with E-state index in [1.165, 1.54) is 16.5 Å². The van der Waals surface area contributed by atoms with Crippen molar-refractivity contribution in [3.05, 3.63) is 56.5 Å². The van der Waals surface area contributed by atoms with Crippen molar-refractivity contribution in [3.63, 3.8) is 0 Å². The van der Waals surface area contributed by atoms with Gasteiger partial charge in [0.2, 0.25) is 0 Å². The molecule has 0 bridgehead atoms. The monoisotopic (exact) mass is 269 g/mol. The molecule has 90 valence electrons. The average molecular weight is 270 g/mol. The van der Waals surface area contributed by atoms with Gasteiger partial charge in [-0.05, 0) is 41.6 Å². The Hall–Kier alpha value is -0.900. The van der Waals surface area contributed by atoms with Crippen LogP contribution in [0.1, 0.15) is 16.0 Å². The van der Waals surface area contributed by atoms with E-state index in [0.717, 1.165) is 12.1 Å². The molecule has 2 rings (SSSR count). The molecule has 2 aromatic rings. The summed E-state index contributed by atoms with van der Waals surface area (Å²) >= 11 is 7.46. The summed E-state index contributed by atoms with van der Waals surface area (Å²) in [4.78, 5) is 1.33. The van der Waals surface area contributed by atoms with Crippen LogP contribution in [0.3, 0.4) is 0 Å². The zero-order chi connectivity index (χ0) is 12.3. The van der Waals surface area contributed by atoms with Gasteiger partial charge in [-0.1, -0.05) is 17.7 Å². The molecule has 1 aromatic heterocycles. The molecular weight excluding hydrogens is 257 g/mol. The first-order valence-corrected chi connectivity index (χ1v) is 6.60. The van der Waals surface area contributed by atoms with Gasteiger partial charge < -0.3 is 5.32 Å². The van der Waals surface area contributed by atoms with Crippen molar-refractivity contribution in [1.29, 1.82) is 0 Å². The number of nitrogens with one attached hydrogen (secondary N) is 1. The maximum atomic E-state index is 12.9. The summed E-state index contributed by atoms with van der Waals surface area (Å²) in [6.07, 6.45) is 0. The fraction of sp³-hybridized carbons (Fsp3) is 0.231. The lowest BCUT2D eigenvalue weighted by molar-refractivity contribution is 0.625. The van der Waals surface area contributed by atoms with E-state index in [4.69, 9.17) is 11.6 Å². The zero-order valence-corrected chi connectivity index (χ0v) is 11.0. The van der Waals surface area contributed by atoms with Crippen LogP contribution in [0, 0.1) is 12.7 Å². The van der Waals surface area contributed by atoms with Crippen molar-refractivity contribution >= 4 is 22.9 Å². The molecule has 0 amide bonds. The van der Waals surface area contributed by atoms with E-state index >= 15 is 0 Å². The van der Waals surface area contributed by atoms with Gasteiger partial charge in [-0.25, -0.2) is 4.39 Å². The topological polar surface area (TPSA) is 12.0 Å². The van der Waals surface area contributed by atoms with Gasteiger partial charge in [0.1, 0.15) is 5.82 Å². The standard InChI is InChI=1S/C13H13ClFNS/c1-9-4-5-17-13(9)8-16-7-10-2-3-12(15)11(14)6-10/h2-6,16H,7-8H2,1H3. The van der Waals surface area contributed by atoms with Crippen molar-refractivity contribution in [2.45, 2.75) is 20.0 Å². The molecule has 4 heteroatoms. The number of halogens is 2. The highest BCUT2D eigenvalue weighted by Crippen LogP contribution is 2.17. The van der Waals surface area contributed by atoms with Gasteiger partial charge in [0.15, 0.2) is 0 Å². The van der Waals surface area contributed by atoms with Crippen LogP contribution in [0.4, 0.5) is 4.39 Å². The summed E-state index contributed by atoms with van der Waals surface area (Å²) in [6.45, 7) is 3.62. The van der Waals surface area contributed by atoms with Gasteiger partial charge in [-0.3, -0.25) is 0 Å². The van der Waals surface area contributed by atoms with Crippen LogP contribution >= 0.6 is 22.9 Å². The Kier molecular flexibility index (Phi) is 4.15. The van der Waals surface area contributed by atoms with Crippen LogP contribution in [-0.4, -0.2) is 0 Å². The van der Waals surface area contributed by atoms with E-state index in [2.05, 4.69) is 23.7 Å². The van der Waals surface area contributed by atoms with Crippen LogP contribution in [0.5, 0.6) is 0 Å². The molecule has 0 aliphatic heterocycles. The number of benzene rings is 1. The molecule has 1 nitrogen and oxygen atoms in total. The summed E-state index contributed by atoms with van der Waals surface area (Å²) in [5.74, 6) is -0.371. The van der Waals surface area contributed by atoms with Crippen molar-refractivity contribution < 1.29 is 4.39 Å². The Morgan fingerprint density at radius 3 is 2.76 bits per heavy atom. The minimum absolute atomic E-state index is 0.177. The second kappa shape index (κ2) is 5.63. The summed E-state index contributed by atoms with van der Waals surface area (Å²) in [5.41, 5.74) is 2.30.